The van der Waals surface area contributed by atoms with Crippen molar-refractivity contribution in [2.24, 2.45) is 0 Å². The third-order valence-corrected chi connectivity index (χ3v) is 4.69. The van der Waals surface area contributed by atoms with Gasteiger partial charge in [0.05, 0.1) is 22.2 Å². The van der Waals surface area contributed by atoms with E-state index in [1.165, 1.54) is 18.3 Å². The van der Waals surface area contributed by atoms with Crippen LogP contribution in [0.5, 0.6) is 0 Å². The van der Waals surface area contributed by atoms with Gasteiger partial charge in [-0.3, -0.25) is 9.59 Å². The zero-order chi connectivity index (χ0) is 18.4. The molecule has 0 fully saturated rings. The number of hydrogen-bond donors (Lipinski definition) is 1. The van der Waals surface area contributed by atoms with Crippen molar-refractivity contribution in [2.75, 3.05) is 6.54 Å². The monoisotopic (exact) mass is 398 g/mol. The maximum atomic E-state index is 12.0. The summed E-state index contributed by atoms with van der Waals surface area (Å²) in [5.74, 6) is -0.918. The van der Waals surface area contributed by atoms with Crippen molar-refractivity contribution in [1.29, 1.82) is 0 Å². The number of rotatable bonds is 7. The van der Waals surface area contributed by atoms with Crippen LogP contribution in [0, 0.1) is 0 Å². The van der Waals surface area contributed by atoms with Gasteiger partial charge in [-0.1, -0.05) is 35.3 Å². The average Bonchev–Trinajstić information content (AvgIpc) is 3.00. The fraction of sp³-hybridized carbons (Fsp3) is 0.235. The predicted octanol–water partition coefficient (Wildman–Crippen LogP) is 3.89. The molecule has 2 rings (SSSR count). The Kier molecular flexibility index (Phi) is 6.99. The zero-order valence-corrected chi connectivity index (χ0v) is 15.7. The number of nitrogens with zero attached hydrogens (tertiary/aromatic N) is 1. The molecule has 1 aromatic heterocycles. The molecule has 8 heteroatoms. The first-order chi connectivity index (χ1) is 11.9. The van der Waals surface area contributed by atoms with Crippen molar-refractivity contribution >= 4 is 46.4 Å². The zero-order valence-electron chi connectivity index (χ0n) is 13.4. The normalized spacial score (nSPS) is 11.6. The number of esters is 1. The van der Waals surface area contributed by atoms with E-state index in [9.17, 15) is 9.59 Å². The highest BCUT2D eigenvalue weighted by Gasteiger charge is 2.19. The average molecular weight is 399 g/mol. The Bertz CT molecular complexity index is 772. The van der Waals surface area contributed by atoms with Gasteiger partial charge in [-0.05, 0) is 19.1 Å². The minimum atomic E-state index is -0.886. The molecule has 5 nitrogen and oxygen atoms in total. The Labute approximate surface area is 159 Å². The van der Waals surface area contributed by atoms with Crippen LogP contribution in [0.2, 0.25) is 10.0 Å². The van der Waals surface area contributed by atoms with Gasteiger partial charge in [-0.25, -0.2) is 4.98 Å². The molecule has 1 N–H and O–H groups in total. The molecule has 25 heavy (non-hydrogen) atoms. The van der Waals surface area contributed by atoms with Crippen LogP contribution in [0.15, 0.2) is 36.2 Å². The summed E-state index contributed by atoms with van der Waals surface area (Å²) in [4.78, 5) is 28.0. The van der Waals surface area contributed by atoms with Gasteiger partial charge >= 0.3 is 5.97 Å². The number of halogens is 2. The van der Waals surface area contributed by atoms with Crippen LogP contribution in [0.3, 0.4) is 0 Å². The number of ether oxygens (including phenoxy) is 1. The molecule has 0 aliphatic heterocycles. The summed E-state index contributed by atoms with van der Waals surface area (Å²) in [6.07, 6.45) is 0.615. The number of carbonyl (C=O) groups excluding carboxylic acids is 2. The number of carbonyl (C=O) groups is 2. The van der Waals surface area contributed by atoms with Crippen molar-refractivity contribution in [2.45, 2.75) is 19.4 Å². The van der Waals surface area contributed by atoms with Gasteiger partial charge in [-0.2, -0.15) is 0 Å². The third kappa shape index (κ3) is 5.29. The van der Waals surface area contributed by atoms with E-state index in [-0.39, 0.29) is 12.3 Å². The fourth-order valence-corrected chi connectivity index (χ4v) is 3.54. The lowest BCUT2D eigenvalue weighted by molar-refractivity contribution is -0.154. The molecule has 0 spiro atoms. The van der Waals surface area contributed by atoms with Crippen LogP contribution in [0.25, 0.3) is 10.6 Å². The minimum Gasteiger partial charge on any atom is -0.452 e. The summed E-state index contributed by atoms with van der Waals surface area (Å²) in [6.45, 7) is 5.32. The van der Waals surface area contributed by atoms with Gasteiger partial charge in [0.1, 0.15) is 5.01 Å². The van der Waals surface area contributed by atoms with Crippen molar-refractivity contribution in [1.82, 2.24) is 10.3 Å². The highest BCUT2D eigenvalue weighted by atomic mass is 35.5. The van der Waals surface area contributed by atoms with Crippen molar-refractivity contribution in [3.8, 4) is 10.6 Å². The van der Waals surface area contributed by atoms with Crippen molar-refractivity contribution < 1.29 is 14.3 Å². The number of hydrogen-bond acceptors (Lipinski definition) is 5. The van der Waals surface area contributed by atoms with Gasteiger partial charge in [0.2, 0.25) is 0 Å². The molecule has 0 unspecified atom stereocenters. The Morgan fingerprint density at radius 2 is 2.08 bits per heavy atom. The lowest BCUT2D eigenvalue weighted by Crippen LogP contribution is -2.36. The molecule has 0 bridgehead atoms. The maximum Gasteiger partial charge on any atom is 0.312 e. The second-order valence-corrected chi connectivity index (χ2v) is 6.76. The molecule has 0 radical (unpaired) electrons. The molecule has 1 atom stereocenters. The molecule has 1 amide bonds. The van der Waals surface area contributed by atoms with E-state index in [2.05, 4.69) is 16.9 Å². The first kappa shape index (κ1) is 19.4. The van der Waals surface area contributed by atoms with Gasteiger partial charge in [0.25, 0.3) is 5.91 Å². The first-order valence-corrected chi connectivity index (χ1v) is 9.02. The highest BCUT2D eigenvalue weighted by molar-refractivity contribution is 7.13. The Morgan fingerprint density at radius 3 is 2.72 bits per heavy atom. The summed E-state index contributed by atoms with van der Waals surface area (Å²) in [5.41, 5.74) is 1.16. The molecule has 0 saturated heterocycles. The molecule has 2 aromatic rings. The van der Waals surface area contributed by atoms with Crippen LogP contribution in [0.1, 0.15) is 12.6 Å². The van der Waals surface area contributed by atoms with Gasteiger partial charge in [0.15, 0.2) is 6.10 Å². The van der Waals surface area contributed by atoms with Crippen LogP contribution in [-0.2, 0) is 20.7 Å². The molecule has 1 aromatic carbocycles. The van der Waals surface area contributed by atoms with Crippen molar-refractivity contribution in [3.05, 3.63) is 52.0 Å². The third-order valence-electron chi connectivity index (χ3n) is 3.15. The van der Waals surface area contributed by atoms with Crippen LogP contribution < -0.4 is 5.32 Å². The molecule has 1 heterocycles. The molecule has 132 valence electrons. The molecular weight excluding hydrogens is 383 g/mol. The molecule has 0 aliphatic carbocycles. The summed E-state index contributed by atoms with van der Waals surface area (Å²) in [6, 6.07) is 5.20. The summed E-state index contributed by atoms with van der Waals surface area (Å²) in [5, 5.41) is 5.90. The SMILES string of the molecule is C=CCNC(=O)[C@@H](C)OC(=O)Cc1csc(-c2c(Cl)cccc2Cl)n1. The van der Waals surface area contributed by atoms with E-state index < -0.39 is 12.1 Å². The minimum absolute atomic E-state index is 0.0440. The highest BCUT2D eigenvalue weighted by Crippen LogP contribution is 2.36. The standard InChI is InChI=1S/C17H16Cl2N2O3S/c1-3-7-20-16(23)10(2)24-14(22)8-11-9-25-17(21-11)15-12(18)5-4-6-13(15)19/h3-6,9-10H,1,7-8H2,2H3,(H,20,23)/t10-/m1/s1. The van der Waals surface area contributed by atoms with Gasteiger partial charge in [0, 0.05) is 17.5 Å². The second kappa shape index (κ2) is 8.99. The number of nitrogens with one attached hydrogen (secondary N) is 1. The van der Waals surface area contributed by atoms with E-state index >= 15 is 0 Å². The molecular formula is C17H16Cl2N2O3S. The lowest BCUT2D eigenvalue weighted by atomic mass is 10.2. The van der Waals surface area contributed by atoms with Gasteiger partial charge in [-0.15, -0.1) is 17.9 Å². The largest absolute Gasteiger partial charge is 0.452 e. The summed E-state index contributed by atoms with van der Waals surface area (Å²) < 4.78 is 5.10. The van der Waals surface area contributed by atoms with E-state index in [0.717, 1.165) is 0 Å². The lowest BCUT2D eigenvalue weighted by Gasteiger charge is -2.12. The van der Waals surface area contributed by atoms with E-state index in [1.54, 1.807) is 29.7 Å². The summed E-state index contributed by atoms with van der Waals surface area (Å²) in [7, 11) is 0. The van der Waals surface area contributed by atoms with E-state index in [1.807, 2.05) is 0 Å². The number of benzene rings is 1. The number of amides is 1. The molecule has 0 aliphatic rings. The Hall–Kier alpha value is -1.89. The Morgan fingerprint density at radius 1 is 1.40 bits per heavy atom. The van der Waals surface area contributed by atoms with Crippen LogP contribution >= 0.6 is 34.5 Å². The maximum absolute atomic E-state index is 12.0. The summed E-state index contributed by atoms with van der Waals surface area (Å²) >= 11 is 13.7. The fourth-order valence-electron chi connectivity index (χ4n) is 1.96. The first-order valence-electron chi connectivity index (χ1n) is 7.39. The number of thiazole rings is 1. The Balaban J connectivity index is 2.00. The van der Waals surface area contributed by atoms with Crippen LogP contribution in [-0.4, -0.2) is 29.5 Å². The van der Waals surface area contributed by atoms with Crippen LogP contribution in [0.4, 0.5) is 0 Å². The van der Waals surface area contributed by atoms with E-state index in [0.29, 0.717) is 32.9 Å². The predicted molar refractivity (Wildman–Crippen MR) is 100 cm³/mol. The topological polar surface area (TPSA) is 68.3 Å². The number of aromatic nitrogens is 1. The van der Waals surface area contributed by atoms with E-state index in [4.69, 9.17) is 27.9 Å². The van der Waals surface area contributed by atoms with Crippen molar-refractivity contribution in [3.63, 3.8) is 0 Å². The van der Waals surface area contributed by atoms with Gasteiger partial charge < -0.3 is 10.1 Å². The smallest absolute Gasteiger partial charge is 0.312 e. The quantitative estimate of drug-likeness (QED) is 0.567. The molecule has 0 saturated carbocycles. The second-order valence-electron chi connectivity index (χ2n) is 5.08.